The summed E-state index contributed by atoms with van der Waals surface area (Å²) in [7, 11) is 0. The van der Waals surface area contributed by atoms with Gasteiger partial charge in [-0.05, 0) is 38.8 Å². The van der Waals surface area contributed by atoms with Gasteiger partial charge in [0.15, 0.2) is 0 Å². The molecule has 0 saturated heterocycles. The van der Waals surface area contributed by atoms with Crippen LogP contribution in [-0.2, 0) is 0 Å². The molecule has 0 spiro atoms. The van der Waals surface area contributed by atoms with E-state index in [0.717, 1.165) is 12.8 Å². The first-order valence-electron chi connectivity index (χ1n) is 12.4. The lowest BCUT2D eigenvalue weighted by atomic mass is 9.89. The summed E-state index contributed by atoms with van der Waals surface area (Å²) < 4.78 is 10.7. The minimum Gasteiger partial charge on any atom is -0.360 e. The zero-order valence-electron chi connectivity index (χ0n) is 20.9. The van der Waals surface area contributed by atoms with Crippen molar-refractivity contribution in [3.8, 4) is 22.5 Å². The van der Waals surface area contributed by atoms with Crippen LogP contribution in [0.5, 0.6) is 0 Å². The van der Waals surface area contributed by atoms with Crippen molar-refractivity contribution in [2.24, 2.45) is 0 Å². The third-order valence-electron chi connectivity index (χ3n) is 6.84. The van der Waals surface area contributed by atoms with Gasteiger partial charge in [0.25, 0.3) is 11.8 Å². The molecule has 196 valence electrons. The van der Waals surface area contributed by atoms with Crippen LogP contribution in [0.15, 0.2) is 57.6 Å². The molecule has 1 aliphatic rings. The van der Waals surface area contributed by atoms with Gasteiger partial charge in [0.05, 0.1) is 10.0 Å². The molecular weight excluding hydrogens is 527 g/mol. The molecule has 0 aliphatic heterocycles. The number of carbonyl (C=O) groups excluding carboxylic acids is 2. The third-order valence-corrected chi connectivity index (χ3v) is 7.50. The molecule has 2 aromatic heterocycles. The molecule has 0 unspecified atom stereocenters. The largest absolute Gasteiger partial charge is 0.360 e. The zero-order chi connectivity index (χ0) is 26.8. The van der Waals surface area contributed by atoms with Crippen LogP contribution in [0.1, 0.15) is 57.9 Å². The van der Waals surface area contributed by atoms with Gasteiger partial charge in [-0.25, -0.2) is 0 Å². The third kappa shape index (κ3) is 5.06. The van der Waals surface area contributed by atoms with Gasteiger partial charge in [-0.3, -0.25) is 9.59 Å². The van der Waals surface area contributed by atoms with Crippen LogP contribution in [-0.4, -0.2) is 34.2 Å². The lowest BCUT2D eigenvalue weighted by molar-refractivity contribution is 0.0861. The fourth-order valence-corrected chi connectivity index (χ4v) is 5.36. The first-order valence-corrected chi connectivity index (χ1v) is 13.1. The van der Waals surface area contributed by atoms with Gasteiger partial charge in [0.2, 0.25) is 0 Å². The molecule has 2 N–H and O–H groups in total. The van der Waals surface area contributed by atoms with E-state index in [9.17, 15) is 9.59 Å². The molecule has 0 bridgehead atoms. The maximum Gasteiger partial charge on any atom is 0.257 e. The Morgan fingerprint density at radius 1 is 0.737 bits per heavy atom. The first kappa shape index (κ1) is 26.0. The number of nitrogens with zero attached hydrogens (tertiary/aromatic N) is 2. The van der Waals surface area contributed by atoms with Crippen LogP contribution in [0.25, 0.3) is 22.5 Å². The molecule has 38 heavy (non-hydrogen) atoms. The summed E-state index contributed by atoms with van der Waals surface area (Å²) in [6, 6.07) is 13.7. The predicted octanol–water partition coefficient (Wildman–Crippen LogP) is 6.39. The minimum absolute atomic E-state index is 0.294. The number of benzene rings is 2. The standard InChI is InChI=1S/C28H26Cl2N4O4/c1-15-23(25(33-37-15)17-9-3-5-11-19(17)29)27(35)31-21-13-7-8-14-22(21)32-28(36)24-16(2)38-34-26(24)18-10-4-6-12-20(18)30/h3-6,9-12,21-22H,7-8,13-14H2,1-2H3,(H,31,35)(H,32,36)/t21-,22-/m0/s1. The highest BCUT2D eigenvalue weighted by Gasteiger charge is 2.33. The van der Waals surface area contributed by atoms with Crippen molar-refractivity contribution in [2.45, 2.75) is 51.6 Å². The van der Waals surface area contributed by atoms with E-state index in [0.29, 0.717) is 68.0 Å². The molecule has 1 aliphatic carbocycles. The number of rotatable bonds is 6. The fourth-order valence-electron chi connectivity index (χ4n) is 4.91. The lowest BCUT2D eigenvalue weighted by Crippen LogP contribution is -2.53. The van der Waals surface area contributed by atoms with Crippen molar-refractivity contribution < 1.29 is 18.6 Å². The number of nitrogens with one attached hydrogen (secondary N) is 2. The van der Waals surface area contributed by atoms with Gasteiger partial charge in [0.1, 0.15) is 34.0 Å². The van der Waals surface area contributed by atoms with Crippen molar-refractivity contribution >= 4 is 35.0 Å². The van der Waals surface area contributed by atoms with Crippen molar-refractivity contribution in [2.75, 3.05) is 0 Å². The highest BCUT2D eigenvalue weighted by molar-refractivity contribution is 6.33. The Morgan fingerprint density at radius 3 is 1.53 bits per heavy atom. The predicted molar refractivity (Wildman–Crippen MR) is 144 cm³/mol. The molecular formula is C28H26Cl2N4O4. The van der Waals surface area contributed by atoms with Gasteiger partial charge in [0, 0.05) is 23.2 Å². The van der Waals surface area contributed by atoms with E-state index in [1.165, 1.54) is 0 Å². The molecule has 1 saturated carbocycles. The van der Waals surface area contributed by atoms with Crippen LogP contribution < -0.4 is 10.6 Å². The Hall–Kier alpha value is -3.62. The van der Waals surface area contributed by atoms with E-state index >= 15 is 0 Å². The molecule has 2 aromatic carbocycles. The Labute approximate surface area is 229 Å². The summed E-state index contributed by atoms with van der Waals surface area (Å²) in [6.07, 6.45) is 3.27. The molecule has 4 aromatic rings. The first-order chi connectivity index (χ1) is 18.3. The minimum atomic E-state index is -0.331. The molecule has 5 rings (SSSR count). The van der Waals surface area contributed by atoms with Crippen LogP contribution in [0, 0.1) is 13.8 Å². The van der Waals surface area contributed by atoms with E-state index in [4.69, 9.17) is 32.2 Å². The topological polar surface area (TPSA) is 110 Å². The number of halogens is 2. The van der Waals surface area contributed by atoms with Gasteiger partial charge >= 0.3 is 0 Å². The maximum atomic E-state index is 13.5. The van der Waals surface area contributed by atoms with E-state index in [1.807, 2.05) is 24.3 Å². The van der Waals surface area contributed by atoms with Crippen molar-refractivity contribution in [3.63, 3.8) is 0 Å². The molecule has 0 radical (unpaired) electrons. The Balaban J connectivity index is 1.37. The van der Waals surface area contributed by atoms with Crippen LogP contribution in [0.2, 0.25) is 10.0 Å². The van der Waals surface area contributed by atoms with E-state index in [1.54, 1.807) is 38.1 Å². The average molecular weight is 553 g/mol. The summed E-state index contributed by atoms with van der Waals surface area (Å²) in [6.45, 7) is 3.38. The molecule has 2 heterocycles. The van der Waals surface area contributed by atoms with Crippen LogP contribution in [0.4, 0.5) is 0 Å². The monoisotopic (exact) mass is 552 g/mol. The highest BCUT2D eigenvalue weighted by atomic mass is 35.5. The lowest BCUT2D eigenvalue weighted by Gasteiger charge is -2.32. The Morgan fingerprint density at radius 2 is 1.13 bits per heavy atom. The van der Waals surface area contributed by atoms with Crippen molar-refractivity contribution in [3.05, 3.63) is 81.2 Å². The van der Waals surface area contributed by atoms with Gasteiger partial charge in [-0.15, -0.1) is 0 Å². The number of hydrogen-bond donors (Lipinski definition) is 2. The molecule has 2 atom stereocenters. The summed E-state index contributed by atoms with van der Waals surface area (Å²) in [5.41, 5.74) is 2.63. The van der Waals surface area contributed by atoms with Gasteiger partial charge in [-0.2, -0.15) is 0 Å². The number of amides is 2. The number of aryl methyl sites for hydroxylation is 2. The summed E-state index contributed by atoms with van der Waals surface area (Å²) in [4.78, 5) is 27.0. The van der Waals surface area contributed by atoms with Crippen LogP contribution >= 0.6 is 23.2 Å². The van der Waals surface area contributed by atoms with Crippen molar-refractivity contribution in [1.82, 2.24) is 20.9 Å². The molecule has 2 amide bonds. The van der Waals surface area contributed by atoms with Crippen LogP contribution in [0.3, 0.4) is 0 Å². The second-order valence-corrected chi connectivity index (χ2v) is 10.1. The highest BCUT2D eigenvalue weighted by Crippen LogP contribution is 2.33. The average Bonchev–Trinajstić information content (AvgIpc) is 3.48. The van der Waals surface area contributed by atoms with Gasteiger partial charge < -0.3 is 19.7 Å². The Bertz CT molecular complexity index is 1380. The summed E-state index contributed by atoms with van der Waals surface area (Å²) >= 11 is 12.7. The normalized spacial score (nSPS) is 17.3. The molecule has 1 fully saturated rings. The SMILES string of the molecule is Cc1onc(-c2ccccc2Cl)c1C(=O)N[C@H]1CCCC[C@@H]1NC(=O)c1c(-c2ccccc2Cl)noc1C. The fraction of sp³-hybridized carbons (Fsp3) is 0.286. The second kappa shape index (κ2) is 11.0. The van der Waals surface area contributed by atoms with Crippen molar-refractivity contribution in [1.29, 1.82) is 0 Å². The summed E-state index contributed by atoms with van der Waals surface area (Å²) in [5.74, 6) is 0.113. The van der Waals surface area contributed by atoms with Gasteiger partial charge in [-0.1, -0.05) is 82.8 Å². The quantitative estimate of drug-likeness (QED) is 0.286. The second-order valence-electron chi connectivity index (χ2n) is 9.33. The number of aromatic nitrogens is 2. The number of hydrogen-bond acceptors (Lipinski definition) is 6. The smallest absolute Gasteiger partial charge is 0.257 e. The number of carbonyl (C=O) groups is 2. The van der Waals surface area contributed by atoms with E-state index in [-0.39, 0.29) is 23.9 Å². The molecule has 10 heteroatoms. The maximum absolute atomic E-state index is 13.5. The zero-order valence-corrected chi connectivity index (χ0v) is 22.4. The molecule has 8 nitrogen and oxygen atoms in total. The summed E-state index contributed by atoms with van der Waals surface area (Å²) in [5, 5.41) is 15.3. The van der Waals surface area contributed by atoms with E-state index < -0.39 is 0 Å². The van der Waals surface area contributed by atoms with E-state index in [2.05, 4.69) is 20.9 Å². The Kier molecular flexibility index (Phi) is 7.53.